The van der Waals surface area contributed by atoms with E-state index in [1.807, 2.05) is 25.5 Å². The lowest BCUT2D eigenvalue weighted by Crippen LogP contribution is -2.06. The largest absolute Gasteiger partial charge is 0.353 e. The van der Waals surface area contributed by atoms with Crippen LogP contribution in [0.15, 0.2) is 42.7 Å². The molecule has 1 aromatic carbocycles. The summed E-state index contributed by atoms with van der Waals surface area (Å²) in [5.41, 5.74) is 8.70. The van der Waals surface area contributed by atoms with Crippen LogP contribution in [0.25, 0.3) is 33.7 Å². The third-order valence-corrected chi connectivity index (χ3v) is 6.04. The van der Waals surface area contributed by atoms with Gasteiger partial charge in [-0.15, -0.1) is 10.2 Å². The van der Waals surface area contributed by atoms with Crippen molar-refractivity contribution in [3.63, 3.8) is 0 Å². The van der Waals surface area contributed by atoms with Gasteiger partial charge in [0.15, 0.2) is 5.65 Å². The Hall–Kier alpha value is -3.81. The van der Waals surface area contributed by atoms with Crippen LogP contribution in [-0.4, -0.2) is 39.7 Å². The van der Waals surface area contributed by atoms with Crippen LogP contribution in [0.4, 0.5) is 0 Å². The molecule has 0 radical (unpaired) electrons. The highest BCUT2D eigenvalue weighted by molar-refractivity contribution is 5.82. The minimum Gasteiger partial charge on any atom is -0.353 e. The van der Waals surface area contributed by atoms with Gasteiger partial charge in [0.2, 0.25) is 5.82 Å². The summed E-state index contributed by atoms with van der Waals surface area (Å²) in [7, 11) is 2.03. The van der Waals surface area contributed by atoms with Crippen LogP contribution in [0.3, 0.4) is 0 Å². The Balaban J connectivity index is 1.52. The van der Waals surface area contributed by atoms with Gasteiger partial charge < -0.3 is 9.13 Å². The summed E-state index contributed by atoms with van der Waals surface area (Å²) in [5, 5.41) is 14.6. The molecule has 1 N–H and O–H groups in total. The van der Waals surface area contributed by atoms with Gasteiger partial charge in [-0.1, -0.05) is 31.2 Å². The number of nitrogens with one attached hydrogen (secondary N) is 1. The van der Waals surface area contributed by atoms with Crippen molar-refractivity contribution < 1.29 is 0 Å². The molecule has 0 amide bonds. The summed E-state index contributed by atoms with van der Waals surface area (Å²) in [4.78, 5) is 9.53. The number of imidazole rings is 1. The number of aryl methyl sites for hydroxylation is 3. The fraction of sp³-hybridized carbons (Fsp3) is 0.292. The van der Waals surface area contributed by atoms with E-state index in [1.165, 1.54) is 5.56 Å². The van der Waals surface area contributed by atoms with Crippen LogP contribution < -0.4 is 0 Å². The normalized spacial score (nSPS) is 11.5. The van der Waals surface area contributed by atoms with Gasteiger partial charge in [-0.05, 0) is 48.2 Å². The third-order valence-electron chi connectivity index (χ3n) is 6.04. The molecule has 32 heavy (non-hydrogen) atoms. The van der Waals surface area contributed by atoms with Crippen LogP contribution in [-0.2, 0) is 20.0 Å². The second-order valence-electron chi connectivity index (χ2n) is 8.21. The molecule has 4 heterocycles. The Labute approximate surface area is 186 Å². The molecule has 0 bridgehead atoms. The molecule has 0 saturated carbocycles. The SMILES string of the molecule is CCCc1nc2c(C)ccnc2n1Cc1ccc(-c2c(-c3nn[nH]n3)cn(C)c2C)cc1. The van der Waals surface area contributed by atoms with E-state index in [2.05, 4.69) is 79.8 Å². The lowest BCUT2D eigenvalue weighted by atomic mass is 10.00. The first-order valence-electron chi connectivity index (χ1n) is 10.9. The van der Waals surface area contributed by atoms with Crippen molar-refractivity contribution in [3.05, 3.63) is 65.4 Å². The quantitative estimate of drug-likeness (QED) is 0.439. The Kier molecular flexibility index (Phi) is 5.05. The van der Waals surface area contributed by atoms with Crippen molar-refractivity contribution >= 4 is 11.2 Å². The van der Waals surface area contributed by atoms with Gasteiger partial charge in [0.05, 0.1) is 6.54 Å². The van der Waals surface area contributed by atoms with Gasteiger partial charge in [-0.25, -0.2) is 9.97 Å². The van der Waals surface area contributed by atoms with E-state index in [1.54, 1.807) is 0 Å². The number of hydrogen-bond donors (Lipinski definition) is 1. The minimum absolute atomic E-state index is 0.600. The molecule has 0 saturated heterocycles. The van der Waals surface area contributed by atoms with E-state index in [-0.39, 0.29) is 0 Å². The Morgan fingerprint density at radius 1 is 1.06 bits per heavy atom. The number of H-pyrrole nitrogens is 1. The van der Waals surface area contributed by atoms with Crippen molar-refractivity contribution in [2.75, 3.05) is 0 Å². The summed E-state index contributed by atoms with van der Waals surface area (Å²) in [6.07, 6.45) is 5.90. The first kappa shape index (κ1) is 20.1. The van der Waals surface area contributed by atoms with Crippen LogP contribution in [0.2, 0.25) is 0 Å². The van der Waals surface area contributed by atoms with E-state index in [4.69, 9.17) is 4.98 Å². The van der Waals surface area contributed by atoms with Crippen LogP contribution in [0.1, 0.15) is 36.0 Å². The summed E-state index contributed by atoms with van der Waals surface area (Å²) < 4.78 is 4.34. The number of nitrogens with zero attached hydrogens (tertiary/aromatic N) is 7. The van der Waals surface area contributed by atoms with Crippen molar-refractivity contribution in [3.8, 4) is 22.5 Å². The predicted octanol–water partition coefficient (Wildman–Crippen LogP) is 4.23. The lowest BCUT2D eigenvalue weighted by molar-refractivity contribution is 0.717. The number of tetrazole rings is 1. The van der Waals surface area contributed by atoms with Crippen molar-refractivity contribution in [1.82, 2.24) is 39.7 Å². The molecule has 8 nitrogen and oxygen atoms in total. The Bertz CT molecular complexity index is 1370. The fourth-order valence-corrected chi connectivity index (χ4v) is 4.26. The van der Waals surface area contributed by atoms with Crippen molar-refractivity contribution in [1.29, 1.82) is 0 Å². The van der Waals surface area contributed by atoms with E-state index in [0.29, 0.717) is 5.82 Å². The molecule has 8 heteroatoms. The molecule has 0 fully saturated rings. The highest BCUT2D eigenvalue weighted by Gasteiger charge is 2.18. The van der Waals surface area contributed by atoms with Crippen molar-refractivity contribution in [2.45, 2.75) is 40.2 Å². The first-order chi connectivity index (χ1) is 15.6. The van der Waals surface area contributed by atoms with Gasteiger partial charge in [0.1, 0.15) is 11.3 Å². The molecule has 5 rings (SSSR count). The predicted molar refractivity (Wildman–Crippen MR) is 124 cm³/mol. The van der Waals surface area contributed by atoms with E-state index < -0.39 is 0 Å². The molecule has 0 unspecified atom stereocenters. The maximum absolute atomic E-state index is 4.89. The fourth-order valence-electron chi connectivity index (χ4n) is 4.26. The van der Waals surface area contributed by atoms with Crippen LogP contribution in [0, 0.1) is 13.8 Å². The van der Waals surface area contributed by atoms with Crippen molar-refractivity contribution in [2.24, 2.45) is 7.05 Å². The van der Waals surface area contributed by atoms with Crippen LogP contribution >= 0.6 is 0 Å². The van der Waals surface area contributed by atoms with E-state index in [9.17, 15) is 0 Å². The Morgan fingerprint density at radius 3 is 2.59 bits per heavy atom. The van der Waals surface area contributed by atoms with Gasteiger partial charge in [0, 0.05) is 42.7 Å². The molecule has 0 aliphatic carbocycles. The average Bonchev–Trinajstić information content (AvgIpc) is 3.50. The zero-order chi connectivity index (χ0) is 22.2. The summed E-state index contributed by atoms with van der Waals surface area (Å²) in [5.74, 6) is 1.69. The maximum Gasteiger partial charge on any atom is 0.206 e. The van der Waals surface area contributed by atoms with E-state index in [0.717, 1.165) is 64.3 Å². The molecule has 5 aromatic rings. The second kappa shape index (κ2) is 8.03. The molecule has 162 valence electrons. The molecular formula is C24H26N8. The van der Waals surface area contributed by atoms with Gasteiger partial charge in [-0.2, -0.15) is 5.21 Å². The molecule has 0 aliphatic rings. The highest BCUT2D eigenvalue weighted by Crippen LogP contribution is 2.34. The smallest absolute Gasteiger partial charge is 0.206 e. The van der Waals surface area contributed by atoms with Gasteiger partial charge >= 0.3 is 0 Å². The number of fused-ring (bicyclic) bond motifs is 1. The molecule has 0 aliphatic heterocycles. The number of hydrogen-bond acceptors (Lipinski definition) is 5. The zero-order valence-corrected chi connectivity index (χ0v) is 18.8. The maximum atomic E-state index is 4.89. The van der Waals surface area contributed by atoms with Crippen LogP contribution in [0.5, 0.6) is 0 Å². The third kappa shape index (κ3) is 3.37. The summed E-state index contributed by atoms with van der Waals surface area (Å²) in [6, 6.07) is 10.7. The van der Waals surface area contributed by atoms with E-state index >= 15 is 0 Å². The highest BCUT2D eigenvalue weighted by atomic mass is 15.5. The topological polar surface area (TPSA) is 90.1 Å². The number of pyridine rings is 1. The van der Waals surface area contributed by atoms with Gasteiger partial charge in [-0.3, -0.25) is 0 Å². The monoisotopic (exact) mass is 426 g/mol. The molecular weight excluding hydrogens is 400 g/mol. The average molecular weight is 427 g/mol. The Morgan fingerprint density at radius 2 is 1.88 bits per heavy atom. The first-order valence-corrected chi connectivity index (χ1v) is 10.9. The molecule has 0 atom stereocenters. The number of benzene rings is 1. The molecule has 4 aromatic heterocycles. The second-order valence-corrected chi connectivity index (χ2v) is 8.21. The minimum atomic E-state index is 0.600. The summed E-state index contributed by atoms with van der Waals surface area (Å²) >= 11 is 0. The number of aromatic nitrogens is 8. The lowest BCUT2D eigenvalue weighted by Gasteiger charge is -2.10. The zero-order valence-electron chi connectivity index (χ0n) is 18.8. The standard InChI is InChI=1S/C24H26N8/c1-5-6-20-26-22-15(2)11-12-25-24(22)32(20)13-17-7-9-18(10-8-17)21-16(3)31(4)14-19(21)23-27-29-30-28-23/h7-12,14H,5-6,13H2,1-4H3,(H,27,28,29,30). The summed E-state index contributed by atoms with van der Waals surface area (Å²) in [6.45, 7) is 7.13. The number of rotatable bonds is 6. The number of aromatic amines is 1. The molecule has 0 spiro atoms. The van der Waals surface area contributed by atoms with Gasteiger partial charge in [0.25, 0.3) is 0 Å².